The van der Waals surface area contributed by atoms with Crippen molar-refractivity contribution >= 4 is 21.7 Å². The van der Waals surface area contributed by atoms with E-state index >= 15 is 0 Å². The first-order valence-corrected chi connectivity index (χ1v) is 7.26. The second kappa shape index (κ2) is 6.22. The number of aromatic nitrogens is 2. The molecule has 0 atom stereocenters. The van der Waals surface area contributed by atoms with Crippen molar-refractivity contribution in [3.8, 4) is 5.75 Å². The monoisotopic (exact) mass is 336 g/mol. The minimum absolute atomic E-state index is 0.0542. The predicted octanol–water partition coefficient (Wildman–Crippen LogP) is 3.53. The molecule has 0 aliphatic heterocycles. The highest BCUT2D eigenvalue weighted by Gasteiger charge is 2.12. The van der Waals surface area contributed by atoms with Crippen LogP contribution in [0.25, 0.3) is 0 Å². The van der Waals surface area contributed by atoms with E-state index in [4.69, 9.17) is 4.74 Å². The lowest BCUT2D eigenvalue weighted by atomic mass is 10.1. The van der Waals surface area contributed by atoms with Crippen molar-refractivity contribution < 1.29 is 9.53 Å². The number of aryl methyl sites for hydroxylation is 2. The topological polar surface area (TPSA) is 44.1 Å². The Morgan fingerprint density at radius 1 is 1.35 bits per heavy atom. The van der Waals surface area contributed by atoms with Gasteiger partial charge < -0.3 is 4.74 Å². The van der Waals surface area contributed by atoms with Crippen LogP contribution in [0, 0.1) is 0 Å². The van der Waals surface area contributed by atoms with Gasteiger partial charge in [0.25, 0.3) is 0 Å². The third-order valence-electron chi connectivity index (χ3n) is 3.14. The fourth-order valence-electron chi connectivity index (χ4n) is 1.91. The summed E-state index contributed by atoms with van der Waals surface area (Å²) in [5, 5.41) is 4.42. The maximum Gasteiger partial charge on any atom is 0.159 e. The summed E-state index contributed by atoms with van der Waals surface area (Å²) >= 11 is 3.56. The number of Topliss-reactive ketones (excluding diaryl/α,β-unsaturated/α-hetero) is 1. The summed E-state index contributed by atoms with van der Waals surface area (Å²) in [5.74, 6) is 0.791. The van der Waals surface area contributed by atoms with E-state index in [1.807, 2.05) is 23.9 Å². The van der Waals surface area contributed by atoms with Crippen LogP contribution in [0.15, 0.2) is 28.7 Å². The van der Waals surface area contributed by atoms with Gasteiger partial charge in [-0.2, -0.15) is 5.10 Å². The molecule has 0 amide bonds. The van der Waals surface area contributed by atoms with Gasteiger partial charge in [-0.05, 0) is 53.5 Å². The van der Waals surface area contributed by atoms with Crippen LogP contribution in [0.1, 0.15) is 35.6 Å². The van der Waals surface area contributed by atoms with Gasteiger partial charge in [0, 0.05) is 12.6 Å². The number of nitrogens with zero attached hydrogens (tertiary/aromatic N) is 2. The number of carbonyl (C=O) groups excluding carboxylic acids is 1. The third-order valence-corrected chi connectivity index (χ3v) is 4.05. The Balaban J connectivity index is 2.09. The molecule has 0 saturated heterocycles. The number of ketones is 1. The molecule has 0 fully saturated rings. The molecule has 20 heavy (non-hydrogen) atoms. The Morgan fingerprint density at radius 2 is 2.00 bits per heavy atom. The fourth-order valence-corrected chi connectivity index (χ4v) is 2.64. The van der Waals surface area contributed by atoms with Crippen LogP contribution in [-0.2, 0) is 20.1 Å². The van der Waals surface area contributed by atoms with Crippen molar-refractivity contribution in [3.63, 3.8) is 0 Å². The average molecular weight is 337 g/mol. The largest absolute Gasteiger partial charge is 0.487 e. The highest BCUT2D eigenvalue weighted by Crippen LogP contribution is 2.23. The molecule has 0 bridgehead atoms. The van der Waals surface area contributed by atoms with E-state index in [2.05, 4.69) is 28.0 Å². The molecule has 0 N–H and O–H groups in total. The Labute approximate surface area is 126 Å². The van der Waals surface area contributed by atoms with Crippen LogP contribution in [-0.4, -0.2) is 15.6 Å². The van der Waals surface area contributed by atoms with E-state index in [1.165, 1.54) is 0 Å². The zero-order chi connectivity index (χ0) is 14.7. The Hall–Kier alpha value is -1.62. The van der Waals surface area contributed by atoms with Gasteiger partial charge in [0.1, 0.15) is 12.4 Å². The molecule has 0 spiro atoms. The number of benzene rings is 1. The number of halogens is 1. The molecular weight excluding hydrogens is 320 g/mol. The van der Waals surface area contributed by atoms with Gasteiger partial charge in [0.15, 0.2) is 5.78 Å². The summed E-state index contributed by atoms with van der Waals surface area (Å²) < 4.78 is 8.57. The zero-order valence-electron chi connectivity index (χ0n) is 11.8. The molecule has 2 aromatic rings. The highest BCUT2D eigenvalue weighted by atomic mass is 79.9. The zero-order valence-corrected chi connectivity index (χ0v) is 13.4. The lowest BCUT2D eigenvalue weighted by molar-refractivity contribution is 0.101. The first-order chi connectivity index (χ1) is 9.52. The third kappa shape index (κ3) is 3.10. The normalized spacial score (nSPS) is 10.6. The molecule has 2 rings (SSSR count). The fraction of sp³-hybridized carbons (Fsp3) is 0.333. The van der Waals surface area contributed by atoms with Crippen LogP contribution in [0.5, 0.6) is 5.75 Å². The molecule has 0 radical (unpaired) electrons. The number of hydrogen-bond acceptors (Lipinski definition) is 3. The highest BCUT2D eigenvalue weighted by molar-refractivity contribution is 9.10. The van der Waals surface area contributed by atoms with Crippen molar-refractivity contribution in [2.24, 2.45) is 7.05 Å². The summed E-state index contributed by atoms with van der Waals surface area (Å²) in [6.45, 7) is 4.05. The number of hydrogen-bond donors (Lipinski definition) is 0. The van der Waals surface area contributed by atoms with Gasteiger partial charge in [0.05, 0.1) is 15.9 Å². The molecule has 1 aromatic carbocycles. The first-order valence-electron chi connectivity index (χ1n) is 6.47. The second-order valence-corrected chi connectivity index (χ2v) is 5.35. The van der Waals surface area contributed by atoms with E-state index < -0.39 is 0 Å². The Morgan fingerprint density at radius 3 is 2.50 bits per heavy atom. The molecule has 5 heteroatoms. The van der Waals surface area contributed by atoms with Crippen molar-refractivity contribution in [1.29, 1.82) is 0 Å². The van der Waals surface area contributed by atoms with Crippen LogP contribution in [0.2, 0.25) is 0 Å². The van der Waals surface area contributed by atoms with Gasteiger partial charge in [0.2, 0.25) is 0 Å². The maximum absolute atomic E-state index is 11.2. The molecule has 4 nitrogen and oxygen atoms in total. The average Bonchev–Trinajstić information content (AvgIpc) is 2.71. The SMILES string of the molecule is CCc1nn(C)c(COc2ccc(C(C)=O)cc2)c1Br. The van der Waals surface area contributed by atoms with Crippen LogP contribution in [0.3, 0.4) is 0 Å². The van der Waals surface area contributed by atoms with Crippen molar-refractivity contribution in [3.05, 3.63) is 45.7 Å². The summed E-state index contributed by atoms with van der Waals surface area (Å²) in [7, 11) is 1.90. The minimum Gasteiger partial charge on any atom is -0.487 e. The minimum atomic E-state index is 0.0542. The molecule has 1 heterocycles. The number of ether oxygens (including phenoxy) is 1. The van der Waals surface area contributed by atoms with E-state index in [0.29, 0.717) is 12.2 Å². The van der Waals surface area contributed by atoms with Crippen molar-refractivity contribution in [1.82, 2.24) is 9.78 Å². The molecule has 106 valence electrons. The number of rotatable bonds is 5. The van der Waals surface area contributed by atoms with Crippen molar-refractivity contribution in [2.75, 3.05) is 0 Å². The van der Waals surface area contributed by atoms with Crippen molar-refractivity contribution in [2.45, 2.75) is 26.9 Å². The van der Waals surface area contributed by atoms with E-state index in [0.717, 1.165) is 28.0 Å². The Bertz CT molecular complexity index is 618. The number of carbonyl (C=O) groups is 1. The van der Waals surface area contributed by atoms with Gasteiger partial charge >= 0.3 is 0 Å². The molecule has 0 saturated carbocycles. The summed E-state index contributed by atoms with van der Waals surface area (Å²) in [6, 6.07) is 7.16. The Kier molecular flexibility index (Phi) is 4.60. The maximum atomic E-state index is 11.2. The van der Waals surface area contributed by atoms with E-state index in [1.54, 1.807) is 19.1 Å². The molecule has 0 aliphatic carbocycles. The smallest absolute Gasteiger partial charge is 0.159 e. The van der Waals surface area contributed by atoms with Gasteiger partial charge in [-0.25, -0.2) is 0 Å². The van der Waals surface area contributed by atoms with Crippen LogP contribution < -0.4 is 4.74 Å². The summed E-state index contributed by atoms with van der Waals surface area (Å²) in [4.78, 5) is 11.2. The lowest BCUT2D eigenvalue weighted by Crippen LogP contribution is -2.03. The molecule has 0 unspecified atom stereocenters. The molecular formula is C15H17BrN2O2. The lowest BCUT2D eigenvalue weighted by Gasteiger charge is -2.07. The molecule has 1 aromatic heterocycles. The predicted molar refractivity (Wildman–Crippen MR) is 81.1 cm³/mol. The standard InChI is InChI=1S/C15H17BrN2O2/c1-4-13-15(16)14(18(3)17-13)9-20-12-7-5-11(6-8-12)10(2)19/h5-8H,4,9H2,1-3H3. The summed E-state index contributed by atoms with van der Waals surface area (Å²) in [6.07, 6.45) is 0.877. The quantitative estimate of drug-likeness (QED) is 0.784. The van der Waals surface area contributed by atoms with Gasteiger partial charge in [-0.3, -0.25) is 9.48 Å². The molecule has 0 aliphatic rings. The second-order valence-electron chi connectivity index (χ2n) is 4.55. The first kappa shape index (κ1) is 14.8. The van der Waals surface area contributed by atoms with Crippen LogP contribution >= 0.6 is 15.9 Å². The van der Waals surface area contributed by atoms with E-state index in [-0.39, 0.29) is 5.78 Å². The van der Waals surface area contributed by atoms with E-state index in [9.17, 15) is 4.79 Å². The van der Waals surface area contributed by atoms with Crippen LogP contribution in [0.4, 0.5) is 0 Å². The van der Waals surface area contributed by atoms with Gasteiger partial charge in [-0.15, -0.1) is 0 Å². The van der Waals surface area contributed by atoms with Gasteiger partial charge in [-0.1, -0.05) is 6.92 Å². The summed E-state index contributed by atoms with van der Waals surface area (Å²) in [5.41, 5.74) is 2.71.